The van der Waals surface area contributed by atoms with E-state index in [1.807, 2.05) is 13.8 Å². The van der Waals surface area contributed by atoms with Crippen molar-refractivity contribution >= 4 is 46.8 Å². The molecule has 0 fully saturated rings. The maximum absolute atomic E-state index is 11.7. The smallest absolute Gasteiger partial charge is 0.337 e. The second kappa shape index (κ2) is 11.9. The van der Waals surface area contributed by atoms with Gasteiger partial charge in [-0.2, -0.15) is 0 Å². The third-order valence-electron chi connectivity index (χ3n) is 3.03. The SMILES string of the molecule is CCC(OC(=O)/C(C)=C/O)Sc1nnc(SC(CC)OC(=O)/C(C)=C/O)s1. The predicted molar refractivity (Wildman–Crippen MR) is 105 cm³/mol. The Morgan fingerprint density at radius 2 is 1.33 bits per heavy atom. The van der Waals surface area contributed by atoms with Gasteiger partial charge in [0.1, 0.15) is 0 Å². The van der Waals surface area contributed by atoms with E-state index >= 15 is 0 Å². The molecule has 150 valence electrons. The van der Waals surface area contributed by atoms with E-state index < -0.39 is 22.8 Å². The summed E-state index contributed by atoms with van der Waals surface area (Å²) >= 11 is 3.80. The van der Waals surface area contributed by atoms with Gasteiger partial charge in [-0.25, -0.2) is 9.59 Å². The molecule has 0 saturated carbocycles. The zero-order valence-electron chi connectivity index (χ0n) is 15.4. The van der Waals surface area contributed by atoms with Gasteiger partial charge in [-0.1, -0.05) is 25.2 Å². The molecule has 0 amide bonds. The topological polar surface area (TPSA) is 119 Å². The predicted octanol–water partition coefficient (Wildman–Crippen LogP) is 4.20. The van der Waals surface area contributed by atoms with Crippen molar-refractivity contribution in [2.45, 2.75) is 60.1 Å². The third kappa shape index (κ3) is 7.81. The molecular formula is C16H22N2O6S3. The molecule has 11 heteroatoms. The molecule has 1 aromatic rings. The molecule has 1 heterocycles. The van der Waals surface area contributed by atoms with Crippen LogP contribution >= 0.6 is 34.9 Å². The summed E-state index contributed by atoms with van der Waals surface area (Å²) in [5, 5.41) is 25.8. The highest BCUT2D eigenvalue weighted by atomic mass is 32.2. The van der Waals surface area contributed by atoms with Crippen molar-refractivity contribution in [3.8, 4) is 0 Å². The molecule has 0 spiro atoms. The minimum absolute atomic E-state index is 0.113. The lowest BCUT2D eigenvalue weighted by Gasteiger charge is -2.14. The van der Waals surface area contributed by atoms with Crippen LogP contribution in [0.3, 0.4) is 0 Å². The van der Waals surface area contributed by atoms with Gasteiger partial charge >= 0.3 is 11.9 Å². The molecule has 1 aromatic heterocycles. The molecule has 0 aromatic carbocycles. The average Bonchev–Trinajstić information content (AvgIpc) is 3.11. The summed E-state index contributed by atoms with van der Waals surface area (Å²) in [6.45, 7) is 6.64. The van der Waals surface area contributed by atoms with Gasteiger partial charge < -0.3 is 19.7 Å². The van der Waals surface area contributed by atoms with Gasteiger partial charge in [-0.15, -0.1) is 10.2 Å². The summed E-state index contributed by atoms with van der Waals surface area (Å²) in [6.07, 6.45) is 2.52. The lowest BCUT2D eigenvalue weighted by Crippen LogP contribution is -2.15. The average molecular weight is 435 g/mol. The van der Waals surface area contributed by atoms with E-state index in [0.29, 0.717) is 34.0 Å². The van der Waals surface area contributed by atoms with Crippen molar-refractivity contribution in [1.82, 2.24) is 10.2 Å². The van der Waals surface area contributed by atoms with E-state index in [4.69, 9.17) is 19.7 Å². The maximum atomic E-state index is 11.7. The quantitative estimate of drug-likeness (QED) is 0.182. The van der Waals surface area contributed by atoms with Gasteiger partial charge in [0.25, 0.3) is 0 Å². The van der Waals surface area contributed by atoms with Gasteiger partial charge in [0.05, 0.1) is 23.7 Å². The third-order valence-corrected chi connectivity index (χ3v) is 6.57. The first-order chi connectivity index (χ1) is 12.8. The summed E-state index contributed by atoms with van der Waals surface area (Å²) in [5.41, 5.74) is -0.699. The van der Waals surface area contributed by atoms with Crippen molar-refractivity contribution in [1.29, 1.82) is 0 Å². The zero-order valence-corrected chi connectivity index (χ0v) is 17.8. The van der Waals surface area contributed by atoms with Gasteiger partial charge in [0, 0.05) is 0 Å². The molecule has 2 N–H and O–H groups in total. The number of aliphatic hydroxyl groups excluding tert-OH is 2. The Morgan fingerprint density at radius 3 is 1.63 bits per heavy atom. The van der Waals surface area contributed by atoms with Crippen LogP contribution in [0.15, 0.2) is 32.3 Å². The molecule has 0 radical (unpaired) electrons. The van der Waals surface area contributed by atoms with Crippen molar-refractivity contribution in [2.75, 3.05) is 0 Å². The molecule has 8 nitrogen and oxygen atoms in total. The van der Waals surface area contributed by atoms with Crippen LogP contribution < -0.4 is 0 Å². The van der Waals surface area contributed by atoms with E-state index in [1.54, 1.807) is 0 Å². The molecule has 27 heavy (non-hydrogen) atoms. The summed E-state index contributed by atoms with van der Waals surface area (Å²) < 4.78 is 11.8. The Kier molecular flexibility index (Phi) is 10.3. The van der Waals surface area contributed by atoms with Crippen LogP contribution in [0.5, 0.6) is 0 Å². The maximum Gasteiger partial charge on any atom is 0.337 e. The molecule has 0 aliphatic carbocycles. The van der Waals surface area contributed by atoms with Crippen molar-refractivity contribution in [3.05, 3.63) is 23.7 Å². The first-order valence-electron chi connectivity index (χ1n) is 8.05. The van der Waals surface area contributed by atoms with Gasteiger partial charge in [0.2, 0.25) is 0 Å². The summed E-state index contributed by atoms with van der Waals surface area (Å²) in [4.78, 5) is 23.5. The number of thioether (sulfide) groups is 2. The number of rotatable bonds is 10. The van der Waals surface area contributed by atoms with Crippen molar-refractivity contribution in [3.63, 3.8) is 0 Å². The molecule has 2 unspecified atom stereocenters. The first-order valence-corrected chi connectivity index (χ1v) is 10.6. The minimum Gasteiger partial charge on any atom is -0.515 e. The Hall–Kier alpha value is -1.72. The second-order valence-corrected chi connectivity index (χ2v) is 8.97. The number of aliphatic hydroxyl groups is 2. The van der Waals surface area contributed by atoms with E-state index in [2.05, 4.69) is 10.2 Å². The minimum atomic E-state index is -0.596. The van der Waals surface area contributed by atoms with Crippen LogP contribution in [0.25, 0.3) is 0 Å². The second-order valence-electron chi connectivity index (χ2n) is 5.18. The van der Waals surface area contributed by atoms with Crippen LogP contribution in [0.2, 0.25) is 0 Å². The fourth-order valence-corrected chi connectivity index (χ4v) is 4.63. The lowest BCUT2D eigenvalue weighted by molar-refractivity contribution is -0.141. The number of carbonyl (C=O) groups excluding carboxylic acids is 2. The fraction of sp³-hybridized carbons (Fsp3) is 0.500. The molecule has 0 aliphatic rings. The van der Waals surface area contributed by atoms with Crippen LogP contribution in [0.1, 0.15) is 40.5 Å². The summed E-state index contributed by atoms with van der Waals surface area (Å²) in [6, 6.07) is 0. The number of esters is 2. The Balaban J connectivity index is 2.67. The van der Waals surface area contributed by atoms with Crippen molar-refractivity contribution in [2.24, 2.45) is 0 Å². The highest BCUT2D eigenvalue weighted by molar-refractivity contribution is 8.03. The standard InChI is InChI=1S/C16H22N2O6S3/c1-5-11(23-13(21)9(3)7-19)25-15-17-18-16(27-15)26-12(6-2)24-14(22)10(4)8-20/h7-8,11-12,19-20H,5-6H2,1-4H3/b9-7+,10-8+. The summed E-state index contributed by atoms with van der Waals surface area (Å²) in [5.74, 6) is -1.19. The van der Waals surface area contributed by atoms with E-state index in [0.717, 1.165) is 0 Å². The van der Waals surface area contributed by atoms with Crippen LogP contribution in [0.4, 0.5) is 0 Å². The van der Waals surface area contributed by atoms with Gasteiger partial charge in [-0.3, -0.25) is 0 Å². The van der Waals surface area contributed by atoms with E-state index in [9.17, 15) is 9.59 Å². The first kappa shape index (κ1) is 23.3. The monoisotopic (exact) mass is 434 g/mol. The summed E-state index contributed by atoms with van der Waals surface area (Å²) in [7, 11) is 0. The number of hydrogen-bond acceptors (Lipinski definition) is 11. The number of carbonyl (C=O) groups is 2. The molecule has 0 aliphatic heterocycles. The Bertz CT molecular complexity index is 648. The van der Waals surface area contributed by atoms with E-state index in [-0.39, 0.29) is 11.1 Å². The Labute approximate surface area is 170 Å². The van der Waals surface area contributed by atoms with E-state index in [1.165, 1.54) is 48.7 Å². The fourth-order valence-electron chi connectivity index (χ4n) is 1.43. The van der Waals surface area contributed by atoms with Crippen LogP contribution in [-0.4, -0.2) is 43.2 Å². The highest BCUT2D eigenvalue weighted by Gasteiger charge is 2.21. The molecular weight excluding hydrogens is 412 g/mol. The number of hydrogen-bond donors (Lipinski definition) is 2. The molecule has 0 saturated heterocycles. The zero-order chi connectivity index (χ0) is 20.4. The normalized spacial score (nSPS) is 14.5. The lowest BCUT2D eigenvalue weighted by atomic mass is 10.3. The van der Waals surface area contributed by atoms with Crippen LogP contribution in [0, 0.1) is 0 Å². The molecule has 1 rings (SSSR count). The van der Waals surface area contributed by atoms with Crippen molar-refractivity contribution < 1.29 is 29.3 Å². The van der Waals surface area contributed by atoms with Gasteiger partial charge in [-0.05, 0) is 50.2 Å². The van der Waals surface area contributed by atoms with Crippen LogP contribution in [-0.2, 0) is 19.1 Å². The Morgan fingerprint density at radius 1 is 0.963 bits per heavy atom. The number of nitrogens with zero attached hydrogens (tertiary/aromatic N) is 2. The largest absolute Gasteiger partial charge is 0.515 e. The molecule has 2 atom stereocenters. The van der Waals surface area contributed by atoms with Gasteiger partial charge in [0.15, 0.2) is 19.6 Å². The number of ether oxygens (including phenoxy) is 2. The number of aromatic nitrogens is 2. The molecule has 0 bridgehead atoms. The highest BCUT2D eigenvalue weighted by Crippen LogP contribution is 2.35.